The average Bonchev–Trinajstić information content (AvgIpc) is 2.59. The smallest absolute Gasteiger partial charge is 0.0187 e. The number of allylic oxidation sites excluding steroid dienone is 4. The third-order valence-electron chi connectivity index (χ3n) is 1.95. The fourth-order valence-corrected chi connectivity index (χ4v) is 1.22. The van der Waals surface area contributed by atoms with E-state index in [9.17, 15) is 0 Å². The molecule has 0 atom stereocenters. The molecule has 70 valence electrons. The zero-order valence-electron chi connectivity index (χ0n) is 8.38. The maximum absolute atomic E-state index is 3.38. The largest absolute Gasteiger partial charge is 0.362 e. The lowest BCUT2D eigenvalue weighted by Gasteiger charge is -1.91. The molecule has 0 aromatic carbocycles. The lowest BCUT2D eigenvalue weighted by Crippen LogP contribution is -1.83. The molecule has 1 heterocycles. The Labute approximate surface area is 80.2 Å². The molecule has 0 saturated heterocycles. The molecular formula is C12H17N. The van der Waals surface area contributed by atoms with Crippen molar-refractivity contribution in [1.82, 2.24) is 4.98 Å². The van der Waals surface area contributed by atoms with Gasteiger partial charge in [-0.3, -0.25) is 0 Å². The van der Waals surface area contributed by atoms with Crippen molar-refractivity contribution in [2.24, 2.45) is 0 Å². The van der Waals surface area contributed by atoms with E-state index in [1.807, 2.05) is 13.8 Å². The Balaban J connectivity index is 2.53. The molecule has 1 aromatic rings. The van der Waals surface area contributed by atoms with Crippen LogP contribution in [0.2, 0.25) is 0 Å². The lowest BCUT2D eigenvalue weighted by atomic mass is 10.3. The van der Waals surface area contributed by atoms with Gasteiger partial charge in [0.25, 0.3) is 0 Å². The third-order valence-corrected chi connectivity index (χ3v) is 1.95. The lowest BCUT2D eigenvalue weighted by molar-refractivity contribution is 1.07. The van der Waals surface area contributed by atoms with Crippen LogP contribution in [0.15, 0.2) is 36.4 Å². The Bertz CT molecular complexity index is 263. The standard InChI is InChI=1S/C12H17N/c1-3-5-7-11-9-10-12(13-11)8-6-4-2/h3-6,9-10,13H,7-8H2,1-2H3/b5-3+,6-4+. The van der Waals surface area contributed by atoms with Crippen molar-refractivity contribution in [3.05, 3.63) is 47.8 Å². The summed E-state index contributed by atoms with van der Waals surface area (Å²) in [6, 6.07) is 4.30. The predicted molar refractivity (Wildman–Crippen MR) is 57.8 cm³/mol. The first-order valence-corrected chi connectivity index (χ1v) is 4.76. The summed E-state index contributed by atoms with van der Waals surface area (Å²) in [4.78, 5) is 3.38. The quantitative estimate of drug-likeness (QED) is 0.676. The average molecular weight is 175 g/mol. The first-order valence-electron chi connectivity index (χ1n) is 4.76. The molecular weight excluding hydrogens is 158 g/mol. The highest BCUT2D eigenvalue weighted by Gasteiger charge is 1.94. The van der Waals surface area contributed by atoms with Gasteiger partial charge in [0, 0.05) is 24.2 Å². The summed E-state index contributed by atoms with van der Waals surface area (Å²) in [5.41, 5.74) is 2.58. The van der Waals surface area contributed by atoms with E-state index in [0.29, 0.717) is 0 Å². The van der Waals surface area contributed by atoms with Crippen LogP contribution in [0.5, 0.6) is 0 Å². The van der Waals surface area contributed by atoms with Crippen molar-refractivity contribution in [3.63, 3.8) is 0 Å². The first-order chi connectivity index (χ1) is 6.36. The number of rotatable bonds is 4. The summed E-state index contributed by atoms with van der Waals surface area (Å²) >= 11 is 0. The van der Waals surface area contributed by atoms with Crippen molar-refractivity contribution >= 4 is 0 Å². The molecule has 1 N–H and O–H groups in total. The van der Waals surface area contributed by atoms with E-state index in [2.05, 4.69) is 41.4 Å². The second-order valence-corrected chi connectivity index (χ2v) is 3.06. The summed E-state index contributed by atoms with van der Waals surface area (Å²) in [6.07, 6.45) is 10.5. The summed E-state index contributed by atoms with van der Waals surface area (Å²) in [7, 11) is 0. The maximum Gasteiger partial charge on any atom is 0.0187 e. The van der Waals surface area contributed by atoms with E-state index >= 15 is 0 Å². The van der Waals surface area contributed by atoms with E-state index < -0.39 is 0 Å². The van der Waals surface area contributed by atoms with Crippen LogP contribution in [0.25, 0.3) is 0 Å². The highest BCUT2D eigenvalue weighted by Crippen LogP contribution is 2.04. The second kappa shape index (κ2) is 5.41. The molecule has 0 saturated carbocycles. The molecule has 0 amide bonds. The summed E-state index contributed by atoms with van der Waals surface area (Å²) in [5.74, 6) is 0. The number of aromatic nitrogens is 1. The molecule has 1 heteroatoms. The Kier molecular flexibility index (Phi) is 4.10. The molecule has 0 aliphatic carbocycles. The van der Waals surface area contributed by atoms with Crippen LogP contribution in [0, 0.1) is 0 Å². The Hall–Kier alpha value is -1.24. The van der Waals surface area contributed by atoms with E-state index in [0.717, 1.165) is 12.8 Å². The molecule has 0 bridgehead atoms. The van der Waals surface area contributed by atoms with E-state index in [1.54, 1.807) is 0 Å². The predicted octanol–water partition coefficient (Wildman–Crippen LogP) is 3.25. The fraction of sp³-hybridized carbons (Fsp3) is 0.333. The van der Waals surface area contributed by atoms with Crippen LogP contribution in [-0.4, -0.2) is 4.98 Å². The highest BCUT2D eigenvalue weighted by molar-refractivity contribution is 5.17. The molecule has 0 unspecified atom stereocenters. The summed E-state index contributed by atoms with van der Waals surface area (Å²) in [6.45, 7) is 4.09. The molecule has 1 nitrogen and oxygen atoms in total. The molecule has 1 rings (SSSR count). The normalized spacial score (nSPS) is 11.8. The van der Waals surface area contributed by atoms with E-state index in [1.165, 1.54) is 11.4 Å². The van der Waals surface area contributed by atoms with Crippen LogP contribution >= 0.6 is 0 Å². The minimum absolute atomic E-state index is 1.01. The van der Waals surface area contributed by atoms with Gasteiger partial charge in [-0.1, -0.05) is 24.3 Å². The van der Waals surface area contributed by atoms with Crippen molar-refractivity contribution < 1.29 is 0 Å². The number of hydrogen-bond donors (Lipinski definition) is 1. The highest BCUT2D eigenvalue weighted by atomic mass is 14.7. The molecule has 0 fully saturated rings. The van der Waals surface area contributed by atoms with Gasteiger partial charge in [0.15, 0.2) is 0 Å². The third kappa shape index (κ3) is 3.32. The van der Waals surface area contributed by atoms with Crippen LogP contribution in [0.3, 0.4) is 0 Å². The second-order valence-electron chi connectivity index (χ2n) is 3.06. The van der Waals surface area contributed by atoms with Crippen molar-refractivity contribution in [3.8, 4) is 0 Å². The topological polar surface area (TPSA) is 15.8 Å². The molecule has 0 aliphatic rings. The van der Waals surface area contributed by atoms with Gasteiger partial charge in [-0.2, -0.15) is 0 Å². The monoisotopic (exact) mass is 175 g/mol. The fourth-order valence-electron chi connectivity index (χ4n) is 1.22. The van der Waals surface area contributed by atoms with Crippen molar-refractivity contribution in [1.29, 1.82) is 0 Å². The minimum atomic E-state index is 1.01. The van der Waals surface area contributed by atoms with Crippen LogP contribution in [0.4, 0.5) is 0 Å². The zero-order chi connectivity index (χ0) is 9.52. The number of H-pyrrole nitrogens is 1. The van der Waals surface area contributed by atoms with Gasteiger partial charge in [-0.05, 0) is 26.0 Å². The van der Waals surface area contributed by atoms with Gasteiger partial charge >= 0.3 is 0 Å². The van der Waals surface area contributed by atoms with E-state index in [-0.39, 0.29) is 0 Å². The molecule has 1 aromatic heterocycles. The number of aromatic amines is 1. The Morgan fingerprint density at radius 2 is 1.46 bits per heavy atom. The maximum atomic E-state index is 3.38. The van der Waals surface area contributed by atoms with Gasteiger partial charge in [-0.25, -0.2) is 0 Å². The minimum Gasteiger partial charge on any atom is -0.362 e. The summed E-state index contributed by atoms with van der Waals surface area (Å²) < 4.78 is 0. The Morgan fingerprint density at radius 1 is 1.00 bits per heavy atom. The first kappa shape index (κ1) is 9.85. The number of nitrogens with one attached hydrogen (secondary N) is 1. The Morgan fingerprint density at radius 3 is 1.85 bits per heavy atom. The van der Waals surface area contributed by atoms with Gasteiger partial charge in [0.1, 0.15) is 0 Å². The van der Waals surface area contributed by atoms with Gasteiger partial charge < -0.3 is 4.98 Å². The molecule has 0 spiro atoms. The SMILES string of the molecule is C/C=C/Cc1ccc(C/C=C/C)[nH]1. The van der Waals surface area contributed by atoms with Crippen LogP contribution in [0.1, 0.15) is 25.2 Å². The van der Waals surface area contributed by atoms with Crippen LogP contribution in [-0.2, 0) is 12.8 Å². The molecule has 0 aliphatic heterocycles. The number of hydrogen-bond acceptors (Lipinski definition) is 0. The van der Waals surface area contributed by atoms with Crippen molar-refractivity contribution in [2.75, 3.05) is 0 Å². The van der Waals surface area contributed by atoms with Gasteiger partial charge in [-0.15, -0.1) is 0 Å². The molecule has 0 radical (unpaired) electrons. The van der Waals surface area contributed by atoms with Crippen molar-refractivity contribution in [2.45, 2.75) is 26.7 Å². The zero-order valence-corrected chi connectivity index (χ0v) is 8.38. The van der Waals surface area contributed by atoms with E-state index in [4.69, 9.17) is 0 Å². The van der Waals surface area contributed by atoms with Gasteiger partial charge in [0.05, 0.1) is 0 Å². The van der Waals surface area contributed by atoms with Crippen LogP contribution < -0.4 is 0 Å². The summed E-state index contributed by atoms with van der Waals surface area (Å²) in [5, 5.41) is 0. The molecule has 13 heavy (non-hydrogen) atoms. The van der Waals surface area contributed by atoms with Gasteiger partial charge in [0.2, 0.25) is 0 Å².